The number of imide groups is 1. The molecule has 0 aromatic carbocycles. The number of aromatic nitrogens is 2. The highest BCUT2D eigenvalue weighted by atomic mass is 16.5. The van der Waals surface area contributed by atoms with E-state index in [0.29, 0.717) is 5.82 Å². The SMILES string of the molecule is Cc1noc(NC(=O)NC(=O)CC(C)(C)CC(=O)O)n1. The summed E-state index contributed by atoms with van der Waals surface area (Å²) in [6.45, 7) is 4.83. The summed E-state index contributed by atoms with van der Waals surface area (Å²) in [5, 5.41) is 16.4. The van der Waals surface area contributed by atoms with Crippen LogP contribution in [0.3, 0.4) is 0 Å². The number of anilines is 1. The predicted molar refractivity (Wildman–Crippen MR) is 66.8 cm³/mol. The van der Waals surface area contributed by atoms with Crippen LogP contribution in [0.5, 0.6) is 0 Å². The number of carboxylic acid groups (broad SMARTS) is 1. The first-order chi connectivity index (χ1) is 9.18. The normalized spacial score (nSPS) is 10.9. The predicted octanol–water partition coefficient (Wildman–Crippen LogP) is 0.917. The molecule has 20 heavy (non-hydrogen) atoms. The number of urea groups is 1. The molecule has 0 bridgehead atoms. The van der Waals surface area contributed by atoms with Gasteiger partial charge in [-0.3, -0.25) is 20.2 Å². The fourth-order valence-electron chi connectivity index (χ4n) is 1.55. The summed E-state index contributed by atoms with van der Waals surface area (Å²) in [7, 11) is 0. The molecule has 3 N–H and O–H groups in total. The van der Waals surface area contributed by atoms with E-state index in [0.717, 1.165) is 0 Å². The Morgan fingerprint density at radius 3 is 2.45 bits per heavy atom. The van der Waals surface area contributed by atoms with Gasteiger partial charge in [0, 0.05) is 6.42 Å². The van der Waals surface area contributed by atoms with E-state index in [1.54, 1.807) is 20.8 Å². The van der Waals surface area contributed by atoms with Crippen LogP contribution in [0.15, 0.2) is 4.52 Å². The van der Waals surface area contributed by atoms with Crippen molar-refractivity contribution in [1.82, 2.24) is 15.5 Å². The van der Waals surface area contributed by atoms with Crippen molar-refractivity contribution in [3.8, 4) is 0 Å². The Balaban J connectivity index is 2.45. The number of aliphatic carboxylic acids is 1. The van der Waals surface area contributed by atoms with Crippen LogP contribution in [0.2, 0.25) is 0 Å². The van der Waals surface area contributed by atoms with Crippen molar-refractivity contribution < 1.29 is 24.0 Å². The molecule has 0 saturated carbocycles. The van der Waals surface area contributed by atoms with Crippen molar-refractivity contribution in [2.75, 3.05) is 5.32 Å². The smallest absolute Gasteiger partial charge is 0.329 e. The molecule has 1 aromatic rings. The van der Waals surface area contributed by atoms with E-state index in [2.05, 4.69) is 25.3 Å². The van der Waals surface area contributed by atoms with Crippen LogP contribution in [0.1, 0.15) is 32.5 Å². The molecule has 1 aromatic heterocycles. The van der Waals surface area contributed by atoms with Gasteiger partial charge < -0.3 is 9.63 Å². The van der Waals surface area contributed by atoms with E-state index in [4.69, 9.17) is 5.11 Å². The lowest BCUT2D eigenvalue weighted by Gasteiger charge is -2.20. The van der Waals surface area contributed by atoms with Gasteiger partial charge in [0.25, 0.3) is 0 Å². The van der Waals surface area contributed by atoms with Gasteiger partial charge in [-0.25, -0.2) is 4.79 Å². The van der Waals surface area contributed by atoms with E-state index in [1.807, 2.05) is 0 Å². The number of rotatable bonds is 5. The molecule has 0 spiro atoms. The molecular formula is C11H16N4O5. The number of nitrogens with zero attached hydrogens (tertiary/aromatic N) is 2. The van der Waals surface area contributed by atoms with Gasteiger partial charge in [0.1, 0.15) is 0 Å². The first-order valence-electron chi connectivity index (χ1n) is 5.81. The summed E-state index contributed by atoms with van der Waals surface area (Å²) in [5.41, 5.74) is -0.753. The minimum atomic E-state index is -1.01. The molecule has 0 atom stereocenters. The second-order valence-electron chi connectivity index (χ2n) is 5.06. The summed E-state index contributed by atoms with van der Waals surface area (Å²) >= 11 is 0. The van der Waals surface area contributed by atoms with Crippen LogP contribution >= 0.6 is 0 Å². The second kappa shape index (κ2) is 6.13. The molecule has 0 radical (unpaired) electrons. The van der Waals surface area contributed by atoms with E-state index < -0.39 is 23.3 Å². The van der Waals surface area contributed by atoms with Crippen LogP contribution in [-0.4, -0.2) is 33.2 Å². The quantitative estimate of drug-likeness (QED) is 0.731. The monoisotopic (exact) mass is 284 g/mol. The van der Waals surface area contributed by atoms with Crippen molar-refractivity contribution in [2.24, 2.45) is 5.41 Å². The highest BCUT2D eigenvalue weighted by molar-refractivity contribution is 6.00. The average Bonchev–Trinajstić information content (AvgIpc) is 2.59. The van der Waals surface area contributed by atoms with Crippen molar-refractivity contribution in [1.29, 1.82) is 0 Å². The largest absolute Gasteiger partial charge is 0.481 e. The van der Waals surface area contributed by atoms with Gasteiger partial charge in [0.2, 0.25) is 5.91 Å². The standard InChI is InChI=1S/C11H16N4O5/c1-6-12-10(20-15-6)14-9(19)13-7(16)4-11(2,3)5-8(17)18/h4-5H2,1-3H3,(H,17,18)(H2,12,13,14,15,16,19). The minimum absolute atomic E-state index is 0.102. The van der Waals surface area contributed by atoms with E-state index in [-0.39, 0.29) is 18.9 Å². The minimum Gasteiger partial charge on any atom is -0.481 e. The number of carboxylic acids is 1. The maximum absolute atomic E-state index is 11.6. The summed E-state index contributed by atoms with van der Waals surface area (Å²) < 4.78 is 4.65. The van der Waals surface area contributed by atoms with Gasteiger partial charge in [-0.2, -0.15) is 4.98 Å². The molecule has 0 aliphatic rings. The Morgan fingerprint density at radius 1 is 1.30 bits per heavy atom. The third kappa shape index (κ3) is 5.46. The third-order valence-electron chi connectivity index (χ3n) is 2.27. The van der Waals surface area contributed by atoms with Gasteiger partial charge in [-0.05, 0) is 12.3 Å². The highest BCUT2D eigenvalue weighted by Gasteiger charge is 2.26. The van der Waals surface area contributed by atoms with E-state index >= 15 is 0 Å². The second-order valence-corrected chi connectivity index (χ2v) is 5.06. The molecule has 0 aliphatic carbocycles. The van der Waals surface area contributed by atoms with Crippen LogP contribution in [-0.2, 0) is 9.59 Å². The number of hydrogen-bond acceptors (Lipinski definition) is 6. The van der Waals surface area contributed by atoms with Gasteiger partial charge in [0.15, 0.2) is 5.82 Å². The van der Waals surface area contributed by atoms with Gasteiger partial charge in [-0.15, -0.1) is 0 Å². The van der Waals surface area contributed by atoms with Crippen LogP contribution in [0.4, 0.5) is 10.8 Å². The molecule has 0 saturated heterocycles. The lowest BCUT2D eigenvalue weighted by Crippen LogP contribution is -2.37. The summed E-state index contributed by atoms with van der Waals surface area (Å²) in [6, 6.07) is -0.942. The van der Waals surface area contributed by atoms with Gasteiger partial charge >= 0.3 is 18.0 Å². The Bertz CT molecular complexity index is 523. The highest BCUT2D eigenvalue weighted by Crippen LogP contribution is 2.24. The fourth-order valence-corrected chi connectivity index (χ4v) is 1.55. The number of aryl methyl sites for hydroxylation is 1. The average molecular weight is 284 g/mol. The van der Waals surface area contributed by atoms with E-state index in [9.17, 15) is 14.4 Å². The Kier molecular flexibility index (Phi) is 4.78. The van der Waals surface area contributed by atoms with Crippen molar-refractivity contribution in [3.05, 3.63) is 5.82 Å². The lowest BCUT2D eigenvalue weighted by atomic mass is 9.85. The zero-order valence-corrected chi connectivity index (χ0v) is 11.4. The zero-order chi connectivity index (χ0) is 15.3. The molecule has 3 amide bonds. The number of amides is 3. The molecule has 0 fully saturated rings. The van der Waals surface area contributed by atoms with Crippen LogP contribution < -0.4 is 10.6 Å². The Morgan fingerprint density at radius 2 is 1.95 bits per heavy atom. The van der Waals surface area contributed by atoms with Crippen LogP contribution in [0.25, 0.3) is 0 Å². The maximum atomic E-state index is 11.6. The zero-order valence-electron chi connectivity index (χ0n) is 11.4. The maximum Gasteiger partial charge on any atom is 0.329 e. The lowest BCUT2D eigenvalue weighted by molar-refractivity contribution is -0.139. The van der Waals surface area contributed by atoms with Gasteiger partial charge in [0.05, 0.1) is 6.42 Å². The van der Waals surface area contributed by atoms with Gasteiger partial charge in [-0.1, -0.05) is 19.0 Å². The number of hydrogen-bond donors (Lipinski definition) is 3. The molecule has 9 nitrogen and oxygen atoms in total. The molecule has 0 aliphatic heterocycles. The van der Waals surface area contributed by atoms with E-state index in [1.165, 1.54) is 0 Å². The summed E-state index contributed by atoms with van der Waals surface area (Å²) in [6.07, 6.45) is -0.277. The molecule has 9 heteroatoms. The molecule has 1 rings (SSSR count). The fraction of sp³-hybridized carbons (Fsp3) is 0.545. The third-order valence-corrected chi connectivity index (χ3v) is 2.27. The molecule has 1 heterocycles. The molecule has 0 unspecified atom stereocenters. The van der Waals surface area contributed by atoms with Crippen molar-refractivity contribution in [3.63, 3.8) is 0 Å². The molecular weight excluding hydrogens is 268 g/mol. The molecule has 110 valence electrons. The number of carbonyl (C=O) groups excluding carboxylic acids is 2. The first-order valence-corrected chi connectivity index (χ1v) is 5.81. The summed E-state index contributed by atoms with van der Waals surface area (Å²) in [4.78, 5) is 37.4. The van der Waals surface area contributed by atoms with Crippen LogP contribution in [0, 0.1) is 12.3 Å². The Labute approximate surface area is 114 Å². The Hall–Kier alpha value is -2.45. The number of nitrogens with one attached hydrogen (secondary N) is 2. The topological polar surface area (TPSA) is 134 Å². The number of carbonyl (C=O) groups is 3. The van der Waals surface area contributed by atoms with Crippen molar-refractivity contribution >= 4 is 23.9 Å². The van der Waals surface area contributed by atoms with Crippen molar-refractivity contribution in [2.45, 2.75) is 33.6 Å². The first kappa shape index (κ1) is 15.6. The summed E-state index contributed by atoms with van der Waals surface area (Å²) in [5.74, 6) is -1.26.